The van der Waals surface area contributed by atoms with Crippen molar-refractivity contribution in [1.29, 1.82) is 5.26 Å². The van der Waals surface area contributed by atoms with E-state index in [9.17, 15) is 4.79 Å². The lowest BCUT2D eigenvalue weighted by molar-refractivity contribution is -0.133. The summed E-state index contributed by atoms with van der Waals surface area (Å²) in [5.74, 6) is 1.47. The summed E-state index contributed by atoms with van der Waals surface area (Å²) in [6.07, 6.45) is 5.29. The van der Waals surface area contributed by atoms with Crippen LogP contribution in [0.25, 0.3) is 0 Å². The average molecular weight is 388 g/mol. The lowest BCUT2D eigenvalue weighted by Gasteiger charge is -2.21. The average Bonchev–Trinajstić information content (AvgIpc) is 2.77. The van der Waals surface area contributed by atoms with Crippen molar-refractivity contribution >= 4 is 5.91 Å². The fourth-order valence-corrected chi connectivity index (χ4v) is 2.56. The van der Waals surface area contributed by atoms with Crippen molar-refractivity contribution in [2.75, 3.05) is 13.2 Å². The van der Waals surface area contributed by atoms with Gasteiger partial charge in [-0.3, -0.25) is 9.78 Å². The number of benzene rings is 1. The minimum absolute atomic E-state index is 0.119. The van der Waals surface area contributed by atoms with Crippen LogP contribution in [0.4, 0.5) is 0 Å². The normalized spacial score (nSPS) is 10.0. The minimum atomic E-state index is -0.196. The molecule has 0 aliphatic carbocycles. The molecule has 0 N–H and O–H groups in total. The third kappa shape index (κ3) is 6.33. The van der Waals surface area contributed by atoms with Crippen LogP contribution in [0.3, 0.4) is 0 Å². The van der Waals surface area contributed by atoms with Crippen molar-refractivity contribution < 1.29 is 14.3 Å². The molecular weight excluding hydrogens is 368 g/mol. The van der Waals surface area contributed by atoms with E-state index < -0.39 is 0 Å². The molecule has 146 valence electrons. The maximum atomic E-state index is 12.6. The third-order valence-electron chi connectivity index (χ3n) is 3.99. The highest BCUT2D eigenvalue weighted by molar-refractivity contribution is 5.77. The predicted octanol–water partition coefficient (Wildman–Crippen LogP) is 3.59. The molecular formula is C22H20N4O3. The monoisotopic (exact) mass is 388 g/mol. The summed E-state index contributed by atoms with van der Waals surface area (Å²) >= 11 is 0. The fraction of sp³-hybridized carbons (Fsp3) is 0.182. The quantitative estimate of drug-likeness (QED) is 0.557. The summed E-state index contributed by atoms with van der Waals surface area (Å²) in [6.45, 7) is 0.602. The minimum Gasteiger partial charge on any atom is -0.484 e. The van der Waals surface area contributed by atoms with E-state index in [1.807, 2.05) is 24.3 Å². The summed E-state index contributed by atoms with van der Waals surface area (Å²) in [5, 5.41) is 8.85. The zero-order valence-electron chi connectivity index (χ0n) is 15.8. The molecule has 0 unspecified atom stereocenters. The van der Waals surface area contributed by atoms with Crippen LogP contribution in [0.5, 0.6) is 17.4 Å². The van der Waals surface area contributed by atoms with Crippen LogP contribution in [0.2, 0.25) is 0 Å². The molecule has 0 radical (unpaired) electrons. The molecule has 29 heavy (non-hydrogen) atoms. The van der Waals surface area contributed by atoms with Gasteiger partial charge in [0.2, 0.25) is 5.88 Å². The lowest BCUT2D eigenvalue weighted by atomic mass is 10.2. The maximum absolute atomic E-state index is 12.6. The smallest absolute Gasteiger partial charge is 0.260 e. The number of nitrogens with zero attached hydrogens (tertiary/aromatic N) is 4. The highest BCUT2D eigenvalue weighted by Gasteiger charge is 2.15. The van der Waals surface area contributed by atoms with Crippen LogP contribution < -0.4 is 9.47 Å². The molecule has 0 spiro atoms. The summed E-state index contributed by atoms with van der Waals surface area (Å²) in [7, 11) is 0. The summed E-state index contributed by atoms with van der Waals surface area (Å²) in [5.41, 5.74) is 0.898. The van der Waals surface area contributed by atoms with Crippen LogP contribution in [0.1, 0.15) is 12.0 Å². The van der Waals surface area contributed by atoms with Gasteiger partial charge in [-0.15, -0.1) is 0 Å². The Bertz CT molecular complexity index is 941. The zero-order valence-corrected chi connectivity index (χ0v) is 15.8. The number of carbonyl (C=O) groups excluding carboxylic acids is 1. The first-order valence-corrected chi connectivity index (χ1v) is 9.10. The van der Waals surface area contributed by atoms with Crippen molar-refractivity contribution in [3.63, 3.8) is 0 Å². The second-order valence-electron chi connectivity index (χ2n) is 6.11. The van der Waals surface area contributed by atoms with E-state index in [2.05, 4.69) is 16.0 Å². The Morgan fingerprint density at radius 3 is 2.55 bits per heavy atom. The first kappa shape index (κ1) is 19.8. The van der Waals surface area contributed by atoms with E-state index in [-0.39, 0.29) is 18.9 Å². The zero-order chi connectivity index (χ0) is 20.3. The van der Waals surface area contributed by atoms with Crippen molar-refractivity contribution in [1.82, 2.24) is 14.9 Å². The Labute approximate surface area is 169 Å². The highest BCUT2D eigenvalue weighted by Crippen LogP contribution is 2.22. The first-order chi connectivity index (χ1) is 14.2. The molecule has 0 bridgehead atoms. The van der Waals surface area contributed by atoms with Crippen molar-refractivity contribution in [3.05, 3.63) is 78.8 Å². The second kappa shape index (κ2) is 10.4. The lowest BCUT2D eigenvalue weighted by Crippen LogP contribution is -2.35. The third-order valence-corrected chi connectivity index (χ3v) is 3.99. The van der Waals surface area contributed by atoms with Gasteiger partial charge in [0.05, 0.1) is 12.5 Å². The Hall–Kier alpha value is -3.92. The van der Waals surface area contributed by atoms with Gasteiger partial charge in [0.15, 0.2) is 6.61 Å². The number of ether oxygens (including phenoxy) is 2. The van der Waals surface area contributed by atoms with Crippen LogP contribution in [-0.2, 0) is 11.3 Å². The van der Waals surface area contributed by atoms with E-state index in [0.29, 0.717) is 30.5 Å². The van der Waals surface area contributed by atoms with Gasteiger partial charge in [0.25, 0.3) is 5.91 Å². The van der Waals surface area contributed by atoms with E-state index in [4.69, 9.17) is 14.7 Å². The van der Waals surface area contributed by atoms with Crippen LogP contribution >= 0.6 is 0 Å². The molecule has 3 rings (SSSR count). The summed E-state index contributed by atoms with van der Waals surface area (Å²) < 4.78 is 11.2. The van der Waals surface area contributed by atoms with E-state index in [1.165, 1.54) is 0 Å². The number of hydrogen-bond donors (Lipinski definition) is 0. The molecule has 0 fully saturated rings. The molecule has 2 heterocycles. The Balaban J connectivity index is 1.55. The van der Waals surface area contributed by atoms with Crippen molar-refractivity contribution in [2.24, 2.45) is 0 Å². The van der Waals surface area contributed by atoms with Gasteiger partial charge in [-0.2, -0.15) is 5.26 Å². The Morgan fingerprint density at radius 1 is 1.03 bits per heavy atom. The Kier molecular flexibility index (Phi) is 7.13. The Morgan fingerprint density at radius 2 is 1.86 bits per heavy atom. The molecule has 0 aliphatic heterocycles. The fourth-order valence-electron chi connectivity index (χ4n) is 2.56. The molecule has 2 aromatic heterocycles. The molecule has 1 aromatic carbocycles. The standard InChI is InChI=1S/C22H20N4O3/c23-11-4-14-26(16-18-5-3-12-24-15-18)22(27)17-28-19-7-9-20(10-8-19)29-21-6-1-2-13-25-21/h1-3,5-10,12-13,15H,4,14,16-17H2. The van der Waals surface area contributed by atoms with Gasteiger partial charge < -0.3 is 14.4 Å². The number of rotatable bonds is 9. The molecule has 3 aromatic rings. The van der Waals surface area contributed by atoms with Crippen molar-refractivity contribution in [2.45, 2.75) is 13.0 Å². The van der Waals surface area contributed by atoms with E-state index in [0.717, 1.165) is 5.56 Å². The largest absolute Gasteiger partial charge is 0.484 e. The van der Waals surface area contributed by atoms with Gasteiger partial charge in [-0.05, 0) is 42.0 Å². The number of carbonyl (C=O) groups is 1. The van der Waals surface area contributed by atoms with Gasteiger partial charge in [-0.25, -0.2) is 4.98 Å². The predicted molar refractivity (Wildman–Crippen MR) is 106 cm³/mol. The van der Waals surface area contributed by atoms with Gasteiger partial charge in [0, 0.05) is 37.7 Å². The summed E-state index contributed by atoms with van der Waals surface area (Å²) in [6, 6.07) is 18.1. The molecule has 0 aliphatic rings. The SMILES string of the molecule is N#CCCN(Cc1cccnc1)C(=O)COc1ccc(Oc2ccccn2)cc1. The van der Waals surface area contributed by atoms with Crippen LogP contribution in [0, 0.1) is 11.3 Å². The van der Waals surface area contributed by atoms with Crippen LogP contribution in [-0.4, -0.2) is 33.9 Å². The van der Waals surface area contributed by atoms with Gasteiger partial charge in [-0.1, -0.05) is 12.1 Å². The summed E-state index contributed by atoms with van der Waals surface area (Å²) in [4.78, 5) is 22.3. The molecule has 1 amide bonds. The highest BCUT2D eigenvalue weighted by atomic mass is 16.5. The van der Waals surface area contributed by atoms with Crippen LogP contribution in [0.15, 0.2) is 73.2 Å². The number of hydrogen-bond acceptors (Lipinski definition) is 6. The van der Waals surface area contributed by atoms with Gasteiger partial charge in [0.1, 0.15) is 11.5 Å². The topological polar surface area (TPSA) is 88.3 Å². The molecule has 0 atom stereocenters. The first-order valence-electron chi connectivity index (χ1n) is 9.10. The molecule has 7 heteroatoms. The van der Waals surface area contributed by atoms with E-state index in [1.54, 1.807) is 53.8 Å². The number of nitriles is 1. The number of aromatic nitrogens is 2. The van der Waals surface area contributed by atoms with Crippen molar-refractivity contribution in [3.8, 4) is 23.4 Å². The second-order valence-corrected chi connectivity index (χ2v) is 6.11. The molecule has 0 saturated carbocycles. The molecule has 0 saturated heterocycles. The van der Waals surface area contributed by atoms with Gasteiger partial charge >= 0.3 is 0 Å². The number of pyridine rings is 2. The maximum Gasteiger partial charge on any atom is 0.260 e. The van der Waals surface area contributed by atoms with E-state index >= 15 is 0 Å². The number of amides is 1. The molecule has 7 nitrogen and oxygen atoms in total.